The van der Waals surface area contributed by atoms with E-state index in [0.717, 1.165) is 26.2 Å². The van der Waals surface area contributed by atoms with Crippen LogP contribution in [0.3, 0.4) is 0 Å². The molecule has 1 unspecified atom stereocenters. The summed E-state index contributed by atoms with van der Waals surface area (Å²) in [6.07, 6.45) is 2.73. The summed E-state index contributed by atoms with van der Waals surface area (Å²) in [5, 5.41) is 3.68. The van der Waals surface area contributed by atoms with Crippen LogP contribution in [-0.2, 0) is 4.74 Å². The predicted octanol–water partition coefficient (Wildman–Crippen LogP) is 3.15. The van der Waals surface area contributed by atoms with E-state index in [1.54, 1.807) is 0 Å². The molecule has 0 aromatic carbocycles. The number of ether oxygens (including phenoxy) is 1. The smallest absolute Gasteiger partial charge is 0.0596 e. The molecule has 1 atom stereocenters. The van der Waals surface area contributed by atoms with E-state index in [1.165, 1.54) is 12.8 Å². The molecule has 0 rings (SSSR count). The van der Waals surface area contributed by atoms with Gasteiger partial charge in [0.15, 0.2) is 0 Å². The van der Waals surface area contributed by atoms with Crippen molar-refractivity contribution >= 4 is 0 Å². The Hall–Kier alpha value is -0.120. The first-order valence-electron chi connectivity index (χ1n) is 7.81. The third-order valence-corrected chi connectivity index (χ3v) is 3.41. The van der Waals surface area contributed by atoms with Crippen LogP contribution in [0.15, 0.2) is 0 Å². The molecular weight excluding hydrogens is 236 g/mol. The maximum Gasteiger partial charge on any atom is 0.0596 e. The molecule has 0 bridgehead atoms. The highest BCUT2D eigenvalue weighted by atomic mass is 16.5. The summed E-state index contributed by atoms with van der Waals surface area (Å²) in [5.74, 6) is 0. The van der Waals surface area contributed by atoms with Gasteiger partial charge in [-0.05, 0) is 52.2 Å². The van der Waals surface area contributed by atoms with E-state index >= 15 is 0 Å². The third kappa shape index (κ3) is 10.3. The molecule has 3 nitrogen and oxygen atoms in total. The fourth-order valence-electron chi connectivity index (χ4n) is 2.07. The van der Waals surface area contributed by atoms with Crippen molar-refractivity contribution in [2.45, 2.75) is 66.5 Å². The van der Waals surface area contributed by atoms with Crippen molar-refractivity contribution in [2.24, 2.45) is 5.41 Å². The van der Waals surface area contributed by atoms with Crippen molar-refractivity contribution in [1.29, 1.82) is 0 Å². The second-order valence-corrected chi connectivity index (χ2v) is 6.88. The van der Waals surface area contributed by atoms with Crippen molar-refractivity contribution in [2.75, 3.05) is 33.3 Å². The molecule has 1 N–H and O–H groups in total. The van der Waals surface area contributed by atoms with Crippen LogP contribution in [-0.4, -0.2) is 50.3 Å². The van der Waals surface area contributed by atoms with Crippen LogP contribution in [0.1, 0.15) is 54.4 Å². The van der Waals surface area contributed by atoms with Gasteiger partial charge in [0.25, 0.3) is 0 Å². The van der Waals surface area contributed by atoms with Crippen LogP contribution in [0.5, 0.6) is 0 Å². The molecule has 0 spiro atoms. The summed E-state index contributed by atoms with van der Waals surface area (Å²) < 4.78 is 5.59. The molecule has 0 aliphatic carbocycles. The molecule has 19 heavy (non-hydrogen) atoms. The van der Waals surface area contributed by atoms with Gasteiger partial charge in [-0.25, -0.2) is 0 Å². The first-order chi connectivity index (χ1) is 8.77. The topological polar surface area (TPSA) is 24.5 Å². The van der Waals surface area contributed by atoms with E-state index in [9.17, 15) is 0 Å². The highest BCUT2D eigenvalue weighted by Crippen LogP contribution is 2.22. The lowest BCUT2D eigenvalue weighted by Crippen LogP contribution is -2.43. The lowest BCUT2D eigenvalue weighted by molar-refractivity contribution is 0.0623. The molecule has 3 heteroatoms. The maximum absolute atomic E-state index is 5.59. The summed E-state index contributed by atoms with van der Waals surface area (Å²) >= 11 is 0. The summed E-state index contributed by atoms with van der Waals surface area (Å²) in [6.45, 7) is 17.4. The van der Waals surface area contributed by atoms with Gasteiger partial charge in [0.2, 0.25) is 0 Å². The molecule has 0 aromatic heterocycles. The Balaban J connectivity index is 3.95. The largest absolute Gasteiger partial charge is 0.377 e. The van der Waals surface area contributed by atoms with Crippen LogP contribution in [0.4, 0.5) is 0 Å². The first-order valence-corrected chi connectivity index (χ1v) is 7.81. The molecule has 0 radical (unpaired) electrons. The molecule has 0 aromatic rings. The van der Waals surface area contributed by atoms with E-state index in [4.69, 9.17) is 4.74 Å². The standard InChI is InChI=1S/C16H36N2O/c1-8-10-17-15(16(4,5)6)9-11-18(7)12-13-19-14(2)3/h14-15,17H,8-13H2,1-7H3. The van der Waals surface area contributed by atoms with Gasteiger partial charge in [-0.15, -0.1) is 0 Å². The summed E-state index contributed by atoms with van der Waals surface area (Å²) in [7, 11) is 2.18. The Morgan fingerprint density at radius 3 is 2.26 bits per heavy atom. The number of likely N-dealkylation sites (N-methyl/N-ethyl adjacent to an activating group) is 1. The number of nitrogens with one attached hydrogen (secondary N) is 1. The first kappa shape index (κ1) is 18.9. The Bertz CT molecular complexity index is 211. The number of hydrogen-bond donors (Lipinski definition) is 1. The van der Waals surface area contributed by atoms with E-state index in [1.807, 2.05) is 0 Å². The maximum atomic E-state index is 5.59. The second-order valence-electron chi connectivity index (χ2n) is 6.88. The predicted molar refractivity (Wildman–Crippen MR) is 84.7 cm³/mol. The van der Waals surface area contributed by atoms with Gasteiger partial charge in [-0.1, -0.05) is 27.7 Å². The number of nitrogens with zero attached hydrogens (tertiary/aromatic N) is 1. The lowest BCUT2D eigenvalue weighted by Gasteiger charge is -2.33. The average Bonchev–Trinajstić information content (AvgIpc) is 2.26. The quantitative estimate of drug-likeness (QED) is 0.661. The molecule has 116 valence electrons. The number of hydrogen-bond acceptors (Lipinski definition) is 3. The Kier molecular flexibility index (Phi) is 9.67. The van der Waals surface area contributed by atoms with Gasteiger partial charge in [-0.3, -0.25) is 0 Å². The SMILES string of the molecule is CCCNC(CCN(C)CCOC(C)C)C(C)(C)C. The van der Waals surface area contributed by atoms with Gasteiger partial charge in [-0.2, -0.15) is 0 Å². The molecule has 0 aliphatic rings. The molecule has 0 fully saturated rings. The molecule has 0 heterocycles. The van der Waals surface area contributed by atoms with Gasteiger partial charge in [0.05, 0.1) is 12.7 Å². The Morgan fingerprint density at radius 2 is 1.79 bits per heavy atom. The molecule has 0 saturated heterocycles. The summed E-state index contributed by atoms with van der Waals surface area (Å²) in [5.41, 5.74) is 0.324. The number of rotatable bonds is 10. The second kappa shape index (κ2) is 9.73. The van der Waals surface area contributed by atoms with Crippen LogP contribution >= 0.6 is 0 Å². The van der Waals surface area contributed by atoms with Gasteiger partial charge >= 0.3 is 0 Å². The van der Waals surface area contributed by atoms with E-state index in [-0.39, 0.29) is 0 Å². The zero-order chi connectivity index (χ0) is 14.9. The monoisotopic (exact) mass is 272 g/mol. The highest BCUT2D eigenvalue weighted by Gasteiger charge is 2.23. The Labute approximate surface area is 121 Å². The van der Waals surface area contributed by atoms with Crippen LogP contribution in [0.25, 0.3) is 0 Å². The minimum absolute atomic E-state index is 0.324. The highest BCUT2D eigenvalue weighted by molar-refractivity contribution is 4.81. The zero-order valence-electron chi connectivity index (χ0n) is 14.3. The molecule has 0 amide bonds. The average molecular weight is 272 g/mol. The Morgan fingerprint density at radius 1 is 1.16 bits per heavy atom. The van der Waals surface area contributed by atoms with E-state index in [0.29, 0.717) is 17.6 Å². The van der Waals surface area contributed by atoms with Crippen molar-refractivity contribution in [1.82, 2.24) is 10.2 Å². The van der Waals surface area contributed by atoms with Gasteiger partial charge in [0, 0.05) is 12.6 Å². The zero-order valence-corrected chi connectivity index (χ0v) is 14.3. The normalized spacial score (nSPS) is 14.4. The van der Waals surface area contributed by atoms with Crippen molar-refractivity contribution in [3.8, 4) is 0 Å². The van der Waals surface area contributed by atoms with Crippen molar-refractivity contribution in [3.63, 3.8) is 0 Å². The van der Waals surface area contributed by atoms with Crippen LogP contribution in [0.2, 0.25) is 0 Å². The minimum atomic E-state index is 0.324. The molecular formula is C16H36N2O. The van der Waals surface area contributed by atoms with E-state index in [2.05, 4.69) is 58.8 Å². The van der Waals surface area contributed by atoms with Crippen LogP contribution < -0.4 is 5.32 Å². The van der Waals surface area contributed by atoms with Crippen molar-refractivity contribution < 1.29 is 4.74 Å². The molecule has 0 aliphatic heterocycles. The van der Waals surface area contributed by atoms with Gasteiger partial charge < -0.3 is 15.0 Å². The van der Waals surface area contributed by atoms with Crippen LogP contribution in [0, 0.1) is 5.41 Å². The fraction of sp³-hybridized carbons (Fsp3) is 1.00. The van der Waals surface area contributed by atoms with E-state index < -0.39 is 0 Å². The summed E-state index contributed by atoms with van der Waals surface area (Å²) in [4.78, 5) is 2.37. The lowest BCUT2D eigenvalue weighted by atomic mass is 9.84. The third-order valence-electron chi connectivity index (χ3n) is 3.41. The summed E-state index contributed by atoms with van der Waals surface area (Å²) in [6, 6.07) is 0.584. The van der Waals surface area contributed by atoms with Gasteiger partial charge in [0.1, 0.15) is 0 Å². The fourth-order valence-corrected chi connectivity index (χ4v) is 2.07. The van der Waals surface area contributed by atoms with Crippen molar-refractivity contribution in [3.05, 3.63) is 0 Å². The molecule has 0 saturated carbocycles. The minimum Gasteiger partial charge on any atom is -0.377 e.